The molecule has 0 fully saturated rings. The van der Waals surface area contributed by atoms with Gasteiger partial charge in [-0.1, -0.05) is 0 Å². The van der Waals surface area contributed by atoms with Crippen molar-refractivity contribution in [2.45, 2.75) is 26.6 Å². The van der Waals surface area contributed by atoms with E-state index in [0.29, 0.717) is 0 Å². The summed E-state index contributed by atoms with van der Waals surface area (Å²) >= 11 is 0. The van der Waals surface area contributed by atoms with Crippen LogP contribution in [0.15, 0.2) is 0 Å². The van der Waals surface area contributed by atoms with Gasteiger partial charge >= 0.3 is 5.97 Å². The minimum atomic E-state index is -1.79. The van der Waals surface area contributed by atoms with Crippen molar-refractivity contribution in [3.8, 4) is 0 Å². The van der Waals surface area contributed by atoms with Crippen molar-refractivity contribution < 1.29 is 14.0 Å². The van der Waals surface area contributed by atoms with Gasteiger partial charge in [-0.3, -0.25) is 9.59 Å². The Labute approximate surface area is 73.4 Å². The number of carbonyl (C=O) groups is 2. The van der Waals surface area contributed by atoms with Gasteiger partial charge in [0.15, 0.2) is 0 Å². The first kappa shape index (κ1) is 11.2. The summed E-state index contributed by atoms with van der Waals surface area (Å²) in [5.41, 5.74) is 0. The molecule has 0 heterocycles. The molecule has 0 bridgehead atoms. The molecule has 0 saturated heterocycles. The summed E-state index contributed by atoms with van der Waals surface area (Å²) in [6.07, 6.45) is 0. The van der Waals surface area contributed by atoms with E-state index in [4.69, 9.17) is 4.43 Å². The molecule has 0 rings (SSSR count). The first-order chi connectivity index (χ1) is 5.31. The summed E-state index contributed by atoms with van der Waals surface area (Å²) in [6.45, 7) is 7.08. The molecule has 0 aromatic rings. The van der Waals surface area contributed by atoms with Gasteiger partial charge in [0.2, 0.25) is 14.2 Å². The Morgan fingerprint density at radius 3 is 2.17 bits per heavy atom. The van der Waals surface area contributed by atoms with Crippen molar-refractivity contribution >= 4 is 20.2 Å². The normalized spacial score (nSPS) is 10.7. The Morgan fingerprint density at radius 1 is 1.33 bits per heavy atom. The smallest absolute Gasteiger partial charge is 0.312 e. The summed E-state index contributed by atoms with van der Waals surface area (Å²) in [6, 6.07) is 0. The van der Waals surface area contributed by atoms with Crippen LogP contribution >= 0.6 is 0 Å². The Bertz CT molecular complexity index is 186. The second kappa shape index (κ2) is 4.25. The van der Waals surface area contributed by atoms with Gasteiger partial charge in [0.1, 0.15) is 6.54 Å². The van der Waals surface area contributed by atoms with Crippen molar-refractivity contribution in [1.29, 1.82) is 0 Å². The third-order valence-electron chi connectivity index (χ3n) is 0.902. The lowest BCUT2D eigenvalue weighted by atomic mass is 10.6. The Hall–Kier alpha value is -0.843. The minimum absolute atomic E-state index is 0.0282. The van der Waals surface area contributed by atoms with E-state index in [1.54, 1.807) is 0 Å². The molecule has 1 amide bonds. The predicted molar refractivity (Wildman–Crippen MR) is 48.1 cm³/mol. The van der Waals surface area contributed by atoms with Crippen LogP contribution in [0.3, 0.4) is 0 Å². The lowest BCUT2D eigenvalue weighted by Gasteiger charge is -2.17. The quantitative estimate of drug-likeness (QED) is 0.658. The molecule has 0 atom stereocenters. The van der Waals surface area contributed by atoms with Crippen molar-refractivity contribution in [2.75, 3.05) is 6.54 Å². The van der Waals surface area contributed by atoms with Gasteiger partial charge in [0.25, 0.3) is 0 Å². The van der Waals surface area contributed by atoms with Crippen molar-refractivity contribution in [2.24, 2.45) is 0 Å². The molecule has 0 aliphatic carbocycles. The van der Waals surface area contributed by atoms with E-state index < -0.39 is 8.32 Å². The van der Waals surface area contributed by atoms with Gasteiger partial charge in [-0.2, -0.15) is 0 Å². The van der Waals surface area contributed by atoms with Crippen LogP contribution in [0.4, 0.5) is 0 Å². The standard InChI is InChI=1S/C7H15NO3Si/c1-6(9)8-5-7(10)11-12(2,3)4/h5H2,1-4H3,(H,8,9). The molecular formula is C7H15NO3Si. The molecule has 0 aromatic heterocycles. The molecule has 0 aromatic carbocycles. The fourth-order valence-corrected chi connectivity index (χ4v) is 1.33. The molecule has 0 unspecified atom stereocenters. The van der Waals surface area contributed by atoms with Gasteiger partial charge in [0.05, 0.1) is 0 Å². The highest BCUT2D eigenvalue weighted by Gasteiger charge is 2.19. The van der Waals surface area contributed by atoms with Crippen LogP contribution in [0, 0.1) is 0 Å². The molecule has 0 aliphatic rings. The fourth-order valence-electron chi connectivity index (χ4n) is 0.574. The summed E-state index contributed by atoms with van der Waals surface area (Å²) in [5, 5.41) is 2.38. The average molecular weight is 189 g/mol. The van der Waals surface area contributed by atoms with E-state index in [9.17, 15) is 9.59 Å². The van der Waals surface area contributed by atoms with Crippen molar-refractivity contribution in [3.05, 3.63) is 0 Å². The Kier molecular flexibility index (Phi) is 3.95. The van der Waals surface area contributed by atoms with Crippen molar-refractivity contribution in [1.82, 2.24) is 5.32 Å². The maximum atomic E-state index is 11.0. The summed E-state index contributed by atoms with van der Waals surface area (Å²) in [7, 11) is -1.79. The maximum absolute atomic E-state index is 11.0. The van der Waals surface area contributed by atoms with E-state index in [1.165, 1.54) is 6.92 Å². The lowest BCUT2D eigenvalue weighted by Crippen LogP contribution is -2.36. The van der Waals surface area contributed by atoms with Gasteiger partial charge in [-0.15, -0.1) is 0 Å². The zero-order valence-electron chi connectivity index (χ0n) is 7.93. The average Bonchev–Trinajstić information content (AvgIpc) is 1.79. The van der Waals surface area contributed by atoms with Gasteiger partial charge in [0, 0.05) is 6.92 Å². The second-order valence-electron chi connectivity index (χ2n) is 3.50. The van der Waals surface area contributed by atoms with E-state index in [0.717, 1.165) is 0 Å². The van der Waals surface area contributed by atoms with Crippen LogP contribution in [0.25, 0.3) is 0 Å². The van der Waals surface area contributed by atoms with Gasteiger partial charge in [-0.25, -0.2) is 0 Å². The fraction of sp³-hybridized carbons (Fsp3) is 0.714. The highest BCUT2D eigenvalue weighted by atomic mass is 28.4. The SMILES string of the molecule is CC(=O)NCC(=O)O[Si](C)(C)C. The zero-order chi connectivity index (χ0) is 9.78. The third kappa shape index (κ3) is 7.27. The van der Waals surface area contributed by atoms with Crippen LogP contribution < -0.4 is 5.32 Å². The van der Waals surface area contributed by atoms with Crippen LogP contribution in [0.5, 0.6) is 0 Å². The summed E-state index contributed by atoms with van der Waals surface area (Å²) in [5.74, 6) is -0.577. The second-order valence-corrected chi connectivity index (χ2v) is 7.93. The molecule has 0 saturated carbocycles. The Balaban J connectivity index is 3.68. The number of hydrogen-bond acceptors (Lipinski definition) is 3. The number of amides is 1. The number of carbonyl (C=O) groups excluding carboxylic acids is 2. The summed E-state index contributed by atoms with van der Waals surface area (Å²) in [4.78, 5) is 21.4. The van der Waals surface area contributed by atoms with E-state index in [1.807, 2.05) is 19.6 Å². The molecule has 5 heteroatoms. The number of hydrogen-bond donors (Lipinski definition) is 1. The minimum Gasteiger partial charge on any atom is -0.519 e. The number of nitrogens with one attached hydrogen (secondary N) is 1. The van der Waals surface area contributed by atoms with E-state index in [-0.39, 0.29) is 18.4 Å². The van der Waals surface area contributed by atoms with E-state index in [2.05, 4.69) is 5.32 Å². The molecule has 70 valence electrons. The highest BCUT2D eigenvalue weighted by Crippen LogP contribution is 2.01. The number of rotatable bonds is 3. The molecular weight excluding hydrogens is 174 g/mol. The predicted octanol–water partition coefficient (Wildman–Crippen LogP) is 0.501. The first-order valence-electron chi connectivity index (χ1n) is 3.77. The monoisotopic (exact) mass is 189 g/mol. The van der Waals surface area contributed by atoms with Gasteiger partial charge in [-0.05, 0) is 19.6 Å². The molecule has 4 nitrogen and oxygen atoms in total. The van der Waals surface area contributed by atoms with Crippen LogP contribution in [-0.4, -0.2) is 26.7 Å². The lowest BCUT2D eigenvalue weighted by molar-refractivity contribution is -0.135. The summed E-state index contributed by atoms with van der Waals surface area (Å²) < 4.78 is 5.07. The van der Waals surface area contributed by atoms with Crippen molar-refractivity contribution in [3.63, 3.8) is 0 Å². The first-order valence-corrected chi connectivity index (χ1v) is 7.18. The highest BCUT2D eigenvalue weighted by molar-refractivity contribution is 6.71. The third-order valence-corrected chi connectivity index (χ3v) is 1.74. The molecule has 1 N–H and O–H groups in total. The van der Waals surface area contributed by atoms with Crippen LogP contribution in [0.2, 0.25) is 19.6 Å². The van der Waals surface area contributed by atoms with Crippen LogP contribution in [0.1, 0.15) is 6.92 Å². The van der Waals surface area contributed by atoms with Gasteiger partial charge < -0.3 is 9.74 Å². The largest absolute Gasteiger partial charge is 0.519 e. The van der Waals surface area contributed by atoms with E-state index >= 15 is 0 Å². The maximum Gasteiger partial charge on any atom is 0.312 e. The zero-order valence-corrected chi connectivity index (χ0v) is 8.93. The molecule has 0 radical (unpaired) electrons. The molecule has 0 spiro atoms. The van der Waals surface area contributed by atoms with Crippen LogP contribution in [-0.2, 0) is 14.0 Å². The Morgan fingerprint density at radius 2 is 1.83 bits per heavy atom. The topological polar surface area (TPSA) is 55.4 Å². The molecule has 12 heavy (non-hydrogen) atoms. The molecule has 0 aliphatic heterocycles.